The van der Waals surface area contributed by atoms with E-state index in [4.69, 9.17) is 16.3 Å². The highest BCUT2D eigenvalue weighted by molar-refractivity contribution is 6.31. The zero-order chi connectivity index (χ0) is 21.5. The summed E-state index contributed by atoms with van der Waals surface area (Å²) < 4.78 is 5.42. The van der Waals surface area contributed by atoms with Crippen LogP contribution in [0.3, 0.4) is 0 Å². The zero-order valence-electron chi connectivity index (χ0n) is 16.8. The fourth-order valence-corrected chi connectivity index (χ4v) is 6.36. The Morgan fingerprint density at radius 1 is 1.13 bits per heavy atom. The lowest BCUT2D eigenvalue weighted by atomic mass is 9.75. The number of carbonyl (C=O) groups is 3. The molecule has 0 aromatic heterocycles. The van der Waals surface area contributed by atoms with Crippen molar-refractivity contribution in [3.05, 3.63) is 53.1 Å². The monoisotopic (exact) mass is 437 g/mol. The van der Waals surface area contributed by atoms with Gasteiger partial charge in [-0.15, -0.1) is 0 Å². The van der Waals surface area contributed by atoms with Crippen LogP contribution in [0.2, 0.25) is 5.02 Å². The minimum atomic E-state index is -1.21. The summed E-state index contributed by atoms with van der Waals surface area (Å²) in [6.45, 7) is 0.666. The molecule has 4 aliphatic rings. The average molecular weight is 438 g/mol. The number of methoxy groups -OCH3 is 1. The van der Waals surface area contributed by atoms with Crippen LogP contribution in [0, 0.1) is 11.8 Å². The van der Waals surface area contributed by atoms with Gasteiger partial charge in [-0.25, -0.2) is 4.90 Å². The molecule has 0 saturated carbocycles. The van der Waals surface area contributed by atoms with Crippen LogP contribution in [0.5, 0.6) is 5.75 Å². The van der Waals surface area contributed by atoms with Crippen molar-refractivity contribution < 1.29 is 19.1 Å². The van der Waals surface area contributed by atoms with Crippen LogP contribution in [-0.2, 0) is 19.9 Å². The van der Waals surface area contributed by atoms with Crippen molar-refractivity contribution in [2.45, 2.75) is 24.4 Å². The number of fused-ring (bicyclic) bond motifs is 7. The van der Waals surface area contributed by atoms with Gasteiger partial charge in [0.1, 0.15) is 11.3 Å². The van der Waals surface area contributed by atoms with Gasteiger partial charge in [0.2, 0.25) is 17.7 Å². The molecular formula is C23H20ClN3O4. The van der Waals surface area contributed by atoms with Gasteiger partial charge in [0.05, 0.1) is 24.6 Å². The van der Waals surface area contributed by atoms with Crippen LogP contribution < -0.4 is 15.0 Å². The van der Waals surface area contributed by atoms with Crippen molar-refractivity contribution in [1.82, 2.24) is 4.90 Å². The second-order valence-corrected chi connectivity index (χ2v) is 8.97. The molecule has 0 bridgehead atoms. The first-order valence-electron chi connectivity index (χ1n) is 10.4. The Kier molecular flexibility index (Phi) is 3.83. The van der Waals surface area contributed by atoms with Crippen molar-refractivity contribution in [2.75, 3.05) is 23.9 Å². The first-order valence-corrected chi connectivity index (χ1v) is 10.8. The van der Waals surface area contributed by atoms with E-state index in [1.54, 1.807) is 43.5 Å². The maximum Gasteiger partial charge on any atom is 0.250 e. The van der Waals surface area contributed by atoms with Gasteiger partial charge in [-0.3, -0.25) is 19.3 Å². The van der Waals surface area contributed by atoms with E-state index in [0.717, 1.165) is 12.8 Å². The zero-order valence-corrected chi connectivity index (χ0v) is 17.6. The Balaban J connectivity index is 1.56. The van der Waals surface area contributed by atoms with E-state index < -0.39 is 17.4 Å². The minimum absolute atomic E-state index is 0.159. The SMILES string of the molecule is COc1ccc2c(c1)[C@]1(C(=O)N2)[C@@H]2C(=O)N(c3cccc(Cl)c3)C(=O)[C@H]2[C@@H]2CCCN21. The third-order valence-corrected chi connectivity index (χ3v) is 7.50. The molecule has 3 fully saturated rings. The summed E-state index contributed by atoms with van der Waals surface area (Å²) in [5, 5.41) is 3.41. The number of hydrogen-bond acceptors (Lipinski definition) is 5. The molecule has 1 spiro atoms. The highest BCUT2D eigenvalue weighted by Gasteiger charge is 2.74. The number of anilines is 2. The molecule has 8 heteroatoms. The Morgan fingerprint density at radius 2 is 1.97 bits per heavy atom. The first kappa shape index (κ1) is 18.8. The molecule has 158 valence electrons. The number of nitrogens with one attached hydrogen (secondary N) is 1. The van der Waals surface area contributed by atoms with E-state index in [1.165, 1.54) is 4.90 Å². The molecule has 2 aromatic rings. The molecule has 0 aliphatic carbocycles. The number of ether oxygens (including phenoxy) is 1. The Hall–Kier alpha value is -2.90. The number of rotatable bonds is 2. The van der Waals surface area contributed by atoms with Crippen LogP contribution in [0.15, 0.2) is 42.5 Å². The lowest BCUT2D eigenvalue weighted by Gasteiger charge is -2.36. The second kappa shape index (κ2) is 6.31. The lowest BCUT2D eigenvalue weighted by molar-refractivity contribution is -0.135. The molecule has 4 atom stereocenters. The molecule has 6 rings (SSSR count). The van der Waals surface area contributed by atoms with Crippen molar-refractivity contribution in [2.24, 2.45) is 11.8 Å². The smallest absolute Gasteiger partial charge is 0.250 e. The van der Waals surface area contributed by atoms with Crippen LogP contribution >= 0.6 is 11.6 Å². The van der Waals surface area contributed by atoms with Gasteiger partial charge in [-0.1, -0.05) is 17.7 Å². The number of benzene rings is 2. The van der Waals surface area contributed by atoms with Gasteiger partial charge in [0, 0.05) is 22.3 Å². The standard InChI is InChI=1S/C23H20ClN3O4/c1-31-14-7-8-16-15(11-14)23(22(30)25-16)19-18(17-6-3-9-26(17)23)20(28)27(21(19)29)13-5-2-4-12(24)10-13/h2,4-5,7-8,10-11,17-19H,3,6,9H2,1H3,(H,25,30)/t17-,18-,19-,23+/m0/s1. The van der Waals surface area contributed by atoms with Gasteiger partial charge >= 0.3 is 0 Å². The summed E-state index contributed by atoms with van der Waals surface area (Å²) in [7, 11) is 1.57. The van der Waals surface area contributed by atoms with Gasteiger partial charge in [-0.05, 0) is 55.8 Å². The number of halogens is 1. The summed E-state index contributed by atoms with van der Waals surface area (Å²) in [4.78, 5) is 44.4. The van der Waals surface area contributed by atoms with Crippen molar-refractivity contribution in [1.29, 1.82) is 0 Å². The number of amides is 3. The van der Waals surface area contributed by atoms with Crippen molar-refractivity contribution in [3.63, 3.8) is 0 Å². The van der Waals surface area contributed by atoms with E-state index in [9.17, 15) is 14.4 Å². The minimum Gasteiger partial charge on any atom is -0.497 e. The number of carbonyl (C=O) groups excluding carboxylic acids is 3. The van der Waals surface area contributed by atoms with Gasteiger partial charge in [-0.2, -0.15) is 0 Å². The molecule has 3 saturated heterocycles. The van der Waals surface area contributed by atoms with Crippen LogP contribution in [0.4, 0.5) is 11.4 Å². The Bertz CT molecular complexity index is 1170. The van der Waals surface area contributed by atoms with Gasteiger partial charge in [0.25, 0.3) is 0 Å². The molecule has 0 unspecified atom stereocenters. The normalized spacial score (nSPS) is 31.2. The largest absolute Gasteiger partial charge is 0.497 e. The summed E-state index contributed by atoms with van der Waals surface area (Å²) in [5.41, 5.74) is 0.611. The molecular weight excluding hydrogens is 418 g/mol. The van der Waals surface area contributed by atoms with E-state index in [0.29, 0.717) is 34.3 Å². The molecule has 1 N–H and O–H groups in total. The molecule has 2 aromatic carbocycles. The molecule has 31 heavy (non-hydrogen) atoms. The van der Waals surface area contributed by atoms with E-state index in [1.807, 2.05) is 6.07 Å². The van der Waals surface area contributed by atoms with Crippen LogP contribution in [0.1, 0.15) is 18.4 Å². The Labute approximate surface area is 183 Å². The van der Waals surface area contributed by atoms with E-state index in [2.05, 4.69) is 10.2 Å². The third-order valence-electron chi connectivity index (χ3n) is 7.27. The maximum atomic E-state index is 13.8. The lowest BCUT2D eigenvalue weighted by Crippen LogP contribution is -2.54. The predicted octanol–water partition coefficient (Wildman–Crippen LogP) is 2.78. The number of hydrogen-bond donors (Lipinski definition) is 1. The highest BCUT2D eigenvalue weighted by atomic mass is 35.5. The topological polar surface area (TPSA) is 79.0 Å². The quantitative estimate of drug-likeness (QED) is 0.731. The van der Waals surface area contributed by atoms with E-state index in [-0.39, 0.29) is 23.8 Å². The fourth-order valence-electron chi connectivity index (χ4n) is 6.18. The van der Waals surface area contributed by atoms with Gasteiger partial charge in [0.15, 0.2) is 0 Å². The molecule has 0 radical (unpaired) electrons. The second-order valence-electron chi connectivity index (χ2n) is 8.53. The van der Waals surface area contributed by atoms with Crippen molar-refractivity contribution >= 4 is 40.7 Å². The fraction of sp³-hybridized carbons (Fsp3) is 0.348. The summed E-state index contributed by atoms with van der Waals surface area (Å²) in [6.07, 6.45) is 1.65. The average Bonchev–Trinajstić information content (AvgIpc) is 3.46. The molecule has 4 aliphatic heterocycles. The summed E-state index contributed by atoms with van der Waals surface area (Å²) in [6, 6.07) is 12.0. The highest BCUT2D eigenvalue weighted by Crippen LogP contribution is 2.61. The number of nitrogens with zero attached hydrogens (tertiary/aromatic N) is 2. The van der Waals surface area contributed by atoms with Crippen molar-refractivity contribution in [3.8, 4) is 5.75 Å². The summed E-state index contributed by atoms with van der Waals surface area (Å²) >= 11 is 6.14. The number of imide groups is 1. The van der Waals surface area contributed by atoms with Gasteiger partial charge < -0.3 is 10.1 Å². The van der Waals surface area contributed by atoms with Crippen LogP contribution in [0.25, 0.3) is 0 Å². The van der Waals surface area contributed by atoms with Crippen LogP contribution in [-0.4, -0.2) is 42.3 Å². The predicted molar refractivity (Wildman–Crippen MR) is 114 cm³/mol. The maximum absolute atomic E-state index is 13.8. The molecule has 4 heterocycles. The third kappa shape index (κ3) is 2.20. The Morgan fingerprint density at radius 3 is 2.74 bits per heavy atom. The van der Waals surface area contributed by atoms with E-state index >= 15 is 0 Å². The first-order chi connectivity index (χ1) is 15.0. The molecule has 3 amide bonds. The summed E-state index contributed by atoms with van der Waals surface area (Å²) in [5.74, 6) is -1.61. The molecule has 7 nitrogen and oxygen atoms in total.